The van der Waals surface area contributed by atoms with Crippen LogP contribution in [0.25, 0.3) is 22.3 Å². The Labute approximate surface area is 165 Å². The van der Waals surface area contributed by atoms with Crippen LogP contribution in [-0.4, -0.2) is 25.8 Å². The van der Waals surface area contributed by atoms with Gasteiger partial charge in [-0.1, -0.05) is 38.1 Å². The maximum absolute atomic E-state index is 13.9. The Kier molecular flexibility index (Phi) is 4.59. The molecule has 1 aliphatic carbocycles. The minimum Gasteiger partial charge on any atom is -0.480 e. The number of fused-ring (bicyclic) bond motifs is 1. The van der Waals surface area contributed by atoms with E-state index < -0.39 is 24.3 Å². The van der Waals surface area contributed by atoms with E-state index in [1.807, 2.05) is 26.0 Å². The van der Waals surface area contributed by atoms with Gasteiger partial charge < -0.3 is 5.11 Å². The molecule has 0 saturated heterocycles. The summed E-state index contributed by atoms with van der Waals surface area (Å²) in [6.07, 6.45) is -3.11. The molecule has 1 saturated carbocycles. The van der Waals surface area contributed by atoms with Crippen LogP contribution >= 0.6 is 0 Å². The normalized spacial score (nSPS) is 14.7. The molecule has 0 unspecified atom stereocenters. The monoisotopic (exact) mass is 403 g/mol. The quantitative estimate of drug-likeness (QED) is 0.636. The van der Waals surface area contributed by atoms with Crippen molar-refractivity contribution in [3.8, 4) is 11.3 Å². The Bertz CT molecular complexity index is 1080. The Morgan fingerprint density at radius 2 is 1.90 bits per heavy atom. The molecule has 1 fully saturated rings. The van der Waals surface area contributed by atoms with E-state index in [0.717, 1.165) is 29.2 Å². The summed E-state index contributed by atoms with van der Waals surface area (Å²) in [5.74, 6) is -0.964. The summed E-state index contributed by atoms with van der Waals surface area (Å²) in [6.45, 7) is 3.53. The number of aromatic nitrogens is 3. The number of carbonyl (C=O) groups is 1. The number of rotatable bonds is 5. The predicted octanol–water partition coefficient (Wildman–Crippen LogP) is 5.20. The van der Waals surface area contributed by atoms with E-state index in [9.17, 15) is 23.1 Å². The smallest absolute Gasteiger partial charge is 0.417 e. The zero-order chi connectivity index (χ0) is 20.9. The number of alkyl halides is 3. The first-order valence-corrected chi connectivity index (χ1v) is 9.46. The third-order valence-electron chi connectivity index (χ3n) is 5.16. The zero-order valence-corrected chi connectivity index (χ0v) is 16.0. The van der Waals surface area contributed by atoms with Crippen molar-refractivity contribution in [2.24, 2.45) is 0 Å². The van der Waals surface area contributed by atoms with E-state index in [1.54, 1.807) is 12.1 Å². The lowest BCUT2D eigenvalue weighted by Gasteiger charge is -2.12. The highest BCUT2D eigenvalue weighted by Gasteiger charge is 2.39. The van der Waals surface area contributed by atoms with Crippen molar-refractivity contribution in [3.63, 3.8) is 0 Å². The SMILES string of the molecule is CC(C)c1ccc(-c2cc(C(F)(F)F)c3c(C4CC4)nn(CC(=O)O)c3n2)cc1. The summed E-state index contributed by atoms with van der Waals surface area (Å²) in [7, 11) is 0. The number of halogens is 3. The summed E-state index contributed by atoms with van der Waals surface area (Å²) < 4.78 is 42.9. The molecule has 4 rings (SSSR count). The summed E-state index contributed by atoms with van der Waals surface area (Å²) >= 11 is 0. The van der Waals surface area contributed by atoms with Crippen molar-refractivity contribution in [1.82, 2.24) is 14.8 Å². The molecule has 1 N–H and O–H groups in total. The van der Waals surface area contributed by atoms with Gasteiger partial charge in [-0.25, -0.2) is 9.67 Å². The van der Waals surface area contributed by atoms with Gasteiger partial charge >= 0.3 is 12.1 Å². The second-order valence-electron chi connectivity index (χ2n) is 7.74. The van der Waals surface area contributed by atoms with Crippen LogP contribution in [0.4, 0.5) is 13.2 Å². The molecular weight excluding hydrogens is 383 g/mol. The minimum atomic E-state index is -4.60. The first-order chi connectivity index (χ1) is 13.6. The van der Waals surface area contributed by atoms with Crippen molar-refractivity contribution < 1.29 is 23.1 Å². The van der Waals surface area contributed by atoms with Gasteiger partial charge in [0.25, 0.3) is 0 Å². The second-order valence-corrected chi connectivity index (χ2v) is 7.74. The fraction of sp³-hybridized carbons (Fsp3) is 0.381. The van der Waals surface area contributed by atoms with Crippen LogP contribution in [0.2, 0.25) is 0 Å². The highest BCUT2D eigenvalue weighted by molar-refractivity contribution is 5.87. The van der Waals surface area contributed by atoms with Gasteiger partial charge in [-0.2, -0.15) is 18.3 Å². The van der Waals surface area contributed by atoms with Crippen molar-refractivity contribution in [2.75, 3.05) is 0 Å². The number of carboxylic acid groups (broad SMARTS) is 1. The zero-order valence-electron chi connectivity index (χ0n) is 16.0. The third kappa shape index (κ3) is 3.71. The van der Waals surface area contributed by atoms with E-state index in [-0.39, 0.29) is 22.6 Å². The lowest BCUT2D eigenvalue weighted by atomic mass is 9.99. The summed E-state index contributed by atoms with van der Waals surface area (Å²) in [6, 6.07) is 8.25. The van der Waals surface area contributed by atoms with Crippen molar-refractivity contribution in [2.45, 2.75) is 51.2 Å². The number of aliphatic carboxylic acids is 1. The number of hydrogen-bond acceptors (Lipinski definition) is 3. The van der Waals surface area contributed by atoms with Gasteiger partial charge in [-0.15, -0.1) is 0 Å². The predicted molar refractivity (Wildman–Crippen MR) is 102 cm³/mol. The van der Waals surface area contributed by atoms with Crippen molar-refractivity contribution in [1.29, 1.82) is 0 Å². The first-order valence-electron chi connectivity index (χ1n) is 9.46. The molecule has 0 spiro atoms. The summed E-state index contributed by atoms with van der Waals surface area (Å²) in [4.78, 5) is 15.6. The van der Waals surface area contributed by atoms with Crippen LogP contribution in [0, 0.1) is 0 Å². The lowest BCUT2D eigenvalue weighted by molar-refractivity contribution is -0.138. The fourth-order valence-electron chi connectivity index (χ4n) is 3.49. The number of carboxylic acids is 1. The molecule has 0 aliphatic heterocycles. The molecule has 0 bridgehead atoms. The molecule has 8 heteroatoms. The van der Waals surface area contributed by atoms with Crippen molar-refractivity contribution in [3.05, 3.63) is 47.2 Å². The van der Waals surface area contributed by atoms with E-state index in [0.29, 0.717) is 17.2 Å². The van der Waals surface area contributed by atoms with E-state index in [4.69, 9.17) is 0 Å². The average Bonchev–Trinajstić information content (AvgIpc) is 3.43. The molecule has 1 aliphatic rings. The molecule has 3 aromatic rings. The summed E-state index contributed by atoms with van der Waals surface area (Å²) in [5, 5.41) is 13.3. The fourth-order valence-corrected chi connectivity index (χ4v) is 3.49. The standard InChI is InChI=1S/C21H20F3N3O2/c1-11(2)12-3-5-13(6-4-12)16-9-15(21(22,23)24)18-19(14-7-8-14)26-27(10-17(28)29)20(18)25-16/h3-6,9,11,14H,7-8,10H2,1-2H3,(H,28,29). The Balaban J connectivity index is 1.96. The van der Waals surface area contributed by atoms with Gasteiger partial charge in [0.15, 0.2) is 5.65 Å². The van der Waals surface area contributed by atoms with Gasteiger partial charge in [0.1, 0.15) is 6.54 Å². The molecule has 152 valence electrons. The number of hydrogen-bond donors (Lipinski definition) is 1. The largest absolute Gasteiger partial charge is 0.480 e. The highest BCUT2D eigenvalue weighted by Crippen LogP contribution is 2.46. The first kappa shape index (κ1) is 19.4. The maximum Gasteiger partial charge on any atom is 0.417 e. The van der Waals surface area contributed by atoms with Gasteiger partial charge in [0, 0.05) is 11.5 Å². The molecule has 2 aromatic heterocycles. The molecule has 1 aromatic carbocycles. The van der Waals surface area contributed by atoms with Crippen LogP contribution < -0.4 is 0 Å². The van der Waals surface area contributed by atoms with Crippen LogP contribution in [0.5, 0.6) is 0 Å². The number of pyridine rings is 1. The molecule has 0 atom stereocenters. The maximum atomic E-state index is 13.9. The summed E-state index contributed by atoms with van der Waals surface area (Å²) in [5.41, 5.74) is 1.20. The minimum absolute atomic E-state index is 0.0351. The van der Waals surface area contributed by atoms with Crippen LogP contribution in [0.15, 0.2) is 30.3 Å². The molecule has 0 radical (unpaired) electrons. The Morgan fingerprint density at radius 3 is 2.41 bits per heavy atom. The van der Waals surface area contributed by atoms with Crippen LogP contribution in [0.1, 0.15) is 55.3 Å². The molecule has 2 heterocycles. The van der Waals surface area contributed by atoms with Gasteiger partial charge in [-0.3, -0.25) is 4.79 Å². The molecular formula is C21H20F3N3O2. The van der Waals surface area contributed by atoms with E-state index >= 15 is 0 Å². The highest BCUT2D eigenvalue weighted by atomic mass is 19.4. The van der Waals surface area contributed by atoms with Gasteiger partial charge in [0.2, 0.25) is 0 Å². The van der Waals surface area contributed by atoms with E-state index in [2.05, 4.69) is 10.1 Å². The number of nitrogens with zero attached hydrogens (tertiary/aromatic N) is 3. The second kappa shape index (κ2) is 6.86. The van der Waals surface area contributed by atoms with E-state index in [1.165, 1.54) is 0 Å². The lowest BCUT2D eigenvalue weighted by Crippen LogP contribution is -2.12. The molecule has 0 amide bonds. The number of benzene rings is 1. The average molecular weight is 403 g/mol. The molecule has 29 heavy (non-hydrogen) atoms. The van der Waals surface area contributed by atoms with Crippen LogP contribution in [0.3, 0.4) is 0 Å². The topological polar surface area (TPSA) is 68.0 Å². The Hall–Kier alpha value is -2.90. The van der Waals surface area contributed by atoms with Crippen molar-refractivity contribution >= 4 is 17.0 Å². The third-order valence-corrected chi connectivity index (χ3v) is 5.16. The Morgan fingerprint density at radius 1 is 1.24 bits per heavy atom. The van der Waals surface area contributed by atoms with Gasteiger partial charge in [-0.05, 0) is 30.4 Å². The van der Waals surface area contributed by atoms with Gasteiger partial charge in [0.05, 0.1) is 22.3 Å². The van der Waals surface area contributed by atoms with Crippen LogP contribution in [-0.2, 0) is 17.5 Å². The molecule has 5 nitrogen and oxygen atoms in total.